The predicted molar refractivity (Wildman–Crippen MR) is 224 cm³/mol. The predicted octanol–water partition coefficient (Wildman–Crippen LogP) is 7.49. The minimum atomic E-state index is -0.925. The number of aliphatic hydroxyl groups is 1. The molecule has 0 aromatic carbocycles. The number of hydrogen-bond acceptors (Lipinski definition) is 11. The van der Waals surface area contributed by atoms with Crippen molar-refractivity contribution < 1.29 is 34.1 Å². The Hall–Kier alpha value is -2.81. The van der Waals surface area contributed by atoms with Crippen LogP contribution < -0.4 is 11.5 Å². The van der Waals surface area contributed by atoms with Crippen molar-refractivity contribution in [2.24, 2.45) is 11.5 Å². The quantitative estimate of drug-likeness (QED) is 0.0669. The molecule has 0 aromatic rings. The third-order valence-corrected chi connectivity index (χ3v) is 11.9. The van der Waals surface area contributed by atoms with Crippen LogP contribution in [0.4, 0.5) is 0 Å². The first-order valence-corrected chi connectivity index (χ1v) is 21.0. The molecular weight excluding hydrogens is 733 g/mol. The summed E-state index contributed by atoms with van der Waals surface area (Å²) < 4.78 is 5.43. The van der Waals surface area contributed by atoms with Gasteiger partial charge in [0, 0.05) is 24.3 Å². The largest absolute Gasteiger partial charge is 0.494 e. The smallest absolute Gasteiger partial charge is 0.313 e. The number of allylic oxidation sites excluding steroid dienone is 4. The summed E-state index contributed by atoms with van der Waals surface area (Å²) >= 11 is 6.50. The fourth-order valence-corrected chi connectivity index (χ4v) is 8.57. The van der Waals surface area contributed by atoms with Crippen molar-refractivity contribution in [1.82, 2.24) is 9.80 Å². The zero-order valence-corrected chi connectivity index (χ0v) is 36.4. The van der Waals surface area contributed by atoms with Gasteiger partial charge >= 0.3 is 5.97 Å². The molecule has 0 radical (unpaired) electrons. The van der Waals surface area contributed by atoms with Crippen LogP contribution in [-0.2, 0) is 23.9 Å². The lowest BCUT2D eigenvalue weighted by atomic mass is 9.76. The van der Waals surface area contributed by atoms with Crippen molar-refractivity contribution in [2.75, 3.05) is 31.3 Å². The summed E-state index contributed by atoms with van der Waals surface area (Å²) in [7, 11) is 0. The Morgan fingerprint density at radius 2 is 1.57 bits per heavy atom. The molecule has 3 amide bonds. The van der Waals surface area contributed by atoms with E-state index in [2.05, 4.69) is 26.5 Å². The fraction of sp³-hybridized carbons (Fsp3) is 0.641. The maximum absolute atomic E-state index is 14.2. The highest BCUT2D eigenvalue weighted by molar-refractivity contribution is 8.17. The van der Waals surface area contributed by atoms with E-state index in [1.54, 1.807) is 11.8 Å². The van der Waals surface area contributed by atoms with E-state index in [-0.39, 0.29) is 54.0 Å². The molecule has 1 fully saturated rings. The molecule has 3 aliphatic rings. The summed E-state index contributed by atoms with van der Waals surface area (Å²) in [4.78, 5) is 53.5. The third kappa shape index (κ3) is 14.7. The van der Waals surface area contributed by atoms with Crippen LogP contribution in [0.2, 0.25) is 0 Å². The molecule has 1 saturated heterocycles. The van der Waals surface area contributed by atoms with Crippen molar-refractivity contribution >= 4 is 59.8 Å². The van der Waals surface area contributed by atoms with Gasteiger partial charge in [-0.25, -0.2) is 0 Å². The Labute approximate surface area is 332 Å². The number of carboxylic acids is 1. The normalized spacial score (nSPS) is 20.3. The highest BCUT2D eigenvalue weighted by Crippen LogP contribution is 2.49. The second kappa shape index (κ2) is 25.3. The van der Waals surface area contributed by atoms with Crippen LogP contribution in [0, 0.1) is 0 Å². The monoisotopic (exact) mass is 798 g/mol. The van der Waals surface area contributed by atoms with Crippen LogP contribution in [0.1, 0.15) is 121 Å². The number of likely N-dealkylation sites (tertiary alicyclic amines) is 1. The average Bonchev–Trinajstić information content (AvgIpc) is 3.69. The van der Waals surface area contributed by atoms with Gasteiger partial charge in [-0.05, 0) is 81.9 Å². The molecule has 0 aromatic heterocycles. The topological polar surface area (TPSA) is 176 Å². The van der Waals surface area contributed by atoms with Gasteiger partial charge in [0.2, 0.25) is 17.7 Å². The van der Waals surface area contributed by atoms with Crippen LogP contribution >= 0.6 is 36.2 Å². The molecule has 0 bridgehead atoms. The fourth-order valence-electron chi connectivity index (χ4n) is 6.04. The first kappa shape index (κ1) is 50.2. The molecule has 302 valence electrons. The standard InChI is InChI=1S/C29H40N2O7S2.C5H12.C3H8N2S.C2H6/c1-7-10-29(6)20(5)26(28(39-12-11-32)40-16-25(36)37)19(4)27(18(3)21-13-17(2)38-15-21)31(29)24(35)14-30-22(33)8-9-23(30)34;1-3-5-4-2;1-2(4)3(5)6;1-2/h13,28,32H,7-12,14-16H2,1-6H3,(H,36,37);3-5H2,1-2H3;6H,4-5H2,1H3;1-2H3/b21-18-;;3-2+;. The number of aliphatic carboxylic acids is 1. The van der Waals surface area contributed by atoms with Gasteiger partial charge in [0.15, 0.2) is 0 Å². The number of ether oxygens (including phenoxy) is 1. The molecule has 3 aliphatic heterocycles. The second-order valence-electron chi connectivity index (χ2n) is 12.9. The molecule has 11 nitrogen and oxygen atoms in total. The Kier molecular flexibility index (Phi) is 24.0. The molecule has 2 unspecified atom stereocenters. The number of aliphatic hydroxyl groups excluding tert-OH is 1. The van der Waals surface area contributed by atoms with Crippen LogP contribution in [-0.4, -0.2) is 85.1 Å². The van der Waals surface area contributed by atoms with E-state index in [4.69, 9.17) is 16.2 Å². The number of thioether (sulfide) groups is 2. The number of carboxylic acid groups (broad SMARTS) is 1. The number of hydrogen-bond donors (Lipinski definition) is 5. The number of unbranched alkanes of at least 4 members (excludes halogenated alkanes) is 2. The Morgan fingerprint density at radius 1 is 1.02 bits per heavy atom. The van der Waals surface area contributed by atoms with Crippen molar-refractivity contribution in [3.05, 3.63) is 56.1 Å². The van der Waals surface area contributed by atoms with Gasteiger partial charge in [-0.2, -0.15) is 0 Å². The van der Waals surface area contributed by atoms with Gasteiger partial charge in [-0.1, -0.05) is 60.3 Å². The first-order valence-electron chi connectivity index (χ1n) is 18.5. The van der Waals surface area contributed by atoms with Gasteiger partial charge in [0.25, 0.3) is 0 Å². The number of carbonyl (C=O) groups is 4. The first-order chi connectivity index (χ1) is 24.9. The lowest BCUT2D eigenvalue weighted by Gasteiger charge is -2.50. The second-order valence-corrected chi connectivity index (χ2v) is 16.0. The van der Waals surface area contributed by atoms with Gasteiger partial charge < -0.3 is 31.3 Å². The molecule has 6 N–H and O–H groups in total. The minimum absolute atomic E-state index is 0.0457. The van der Waals surface area contributed by atoms with Gasteiger partial charge in [-0.15, -0.1) is 36.2 Å². The molecule has 0 aliphatic carbocycles. The molecule has 0 spiro atoms. The van der Waals surface area contributed by atoms with Crippen molar-refractivity contribution in [3.63, 3.8) is 0 Å². The van der Waals surface area contributed by atoms with Crippen LogP contribution in [0.15, 0.2) is 56.1 Å². The maximum atomic E-state index is 14.2. The van der Waals surface area contributed by atoms with Gasteiger partial charge in [0.05, 0.1) is 39.0 Å². The lowest BCUT2D eigenvalue weighted by Crippen LogP contribution is -2.56. The number of nitrogens with zero attached hydrogens (tertiary/aromatic N) is 2. The highest BCUT2D eigenvalue weighted by Gasteiger charge is 2.47. The molecule has 3 heterocycles. The van der Waals surface area contributed by atoms with E-state index in [9.17, 15) is 29.4 Å². The molecular formula is C39H66N4O7S3. The van der Waals surface area contributed by atoms with Crippen LogP contribution in [0.25, 0.3) is 0 Å². The van der Waals surface area contributed by atoms with E-state index in [0.717, 1.165) is 44.9 Å². The van der Waals surface area contributed by atoms with Crippen molar-refractivity contribution in [1.29, 1.82) is 0 Å². The minimum Gasteiger partial charge on any atom is -0.494 e. The van der Waals surface area contributed by atoms with Crippen molar-refractivity contribution in [3.8, 4) is 0 Å². The van der Waals surface area contributed by atoms with E-state index in [1.807, 2.05) is 61.5 Å². The molecule has 0 saturated carbocycles. The summed E-state index contributed by atoms with van der Waals surface area (Å²) in [6, 6.07) is 0. The van der Waals surface area contributed by atoms with Crippen LogP contribution in [0.5, 0.6) is 0 Å². The van der Waals surface area contributed by atoms with E-state index >= 15 is 0 Å². The Bertz CT molecular complexity index is 1400. The summed E-state index contributed by atoms with van der Waals surface area (Å²) in [5, 5.41) is 19.5. The zero-order valence-electron chi connectivity index (χ0n) is 33.9. The van der Waals surface area contributed by atoms with Crippen LogP contribution in [0.3, 0.4) is 0 Å². The SMILES string of the molecule is C/C(N)=C(/N)S.CC.CCCC1(C)C(C)=C(C(SCCO)SCC(=O)O)C(C)=C(/C(C)=C2/C=C(C)OC2)N1C(=O)CN1C(=O)CCC1=O.CCCCC. The average molecular weight is 799 g/mol. The highest BCUT2D eigenvalue weighted by atomic mass is 32.2. The van der Waals surface area contributed by atoms with Gasteiger partial charge in [0.1, 0.15) is 13.2 Å². The Balaban J connectivity index is 0.00000179. The number of rotatable bonds is 14. The van der Waals surface area contributed by atoms with Gasteiger partial charge in [-0.3, -0.25) is 24.1 Å². The zero-order chi connectivity index (χ0) is 41.1. The lowest BCUT2D eigenvalue weighted by molar-refractivity contribution is -0.146. The summed E-state index contributed by atoms with van der Waals surface area (Å²) in [6.07, 6.45) is 7.61. The summed E-state index contributed by atoms with van der Waals surface area (Å²) in [5.41, 5.74) is 15.1. The number of carbonyl (C=O) groups excluding carboxylic acids is 3. The number of thiol groups is 1. The molecule has 14 heteroatoms. The van der Waals surface area contributed by atoms with E-state index in [0.29, 0.717) is 35.2 Å². The molecule has 53 heavy (non-hydrogen) atoms. The number of amides is 3. The van der Waals surface area contributed by atoms with Crippen molar-refractivity contribution in [2.45, 2.75) is 131 Å². The summed E-state index contributed by atoms with van der Waals surface area (Å²) in [6.45, 7) is 21.9. The number of imide groups is 1. The van der Waals surface area contributed by atoms with E-state index < -0.39 is 11.5 Å². The number of nitrogens with two attached hydrogens (primary N) is 2. The Morgan fingerprint density at radius 3 is 1.96 bits per heavy atom. The maximum Gasteiger partial charge on any atom is 0.313 e. The molecule has 2 atom stereocenters. The van der Waals surface area contributed by atoms with E-state index in [1.165, 1.54) is 42.8 Å². The summed E-state index contributed by atoms with van der Waals surface area (Å²) in [5.74, 6) is -0.859. The molecule has 3 rings (SSSR count). The third-order valence-electron chi connectivity index (χ3n) is 8.86.